The van der Waals surface area contributed by atoms with E-state index in [0.29, 0.717) is 11.4 Å². The van der Waals surface area contributed by atoms with Crippen molar-refractivity contribution < 1.29 is 4.79 Å². The van der Waals surface area contributed by atoms with E-state index in [1.54, 1.807) is 0 Å². The zero-order chi connectivity index (χ0) is 17.6. The minimum Gasteiger partial charge on any atom is -0.271 e. The molecule has 25 heavy (non-hydrogen) atoms. The van der Waals surface area contributed by atoms with Crippen molar-refractivity contribution in [2.75, 3.05) is 0 Å². The van der Waals surface area contributed by atoms with Crippen molar-refractivity contribution in [1.82, 2.24) is 5.01 Å². The fraction of sp³-hybridized carbons (Fsp3) is 0.238. The molecule has 1 heterocycles. The van der Waals surface area contributed by atoms with Gasteiger partial charge in [-0.15, -0.1) is 0 Å². The first-order valence-electron chi connectivity index (χ1n) is 8.40. The summed E-state index contributed by atoms with van der Waals surface area (Å²) in [7, 11) is 0. The summed E-state index contributed by atoms with van der Waals surface area (Å²) in [5.41, 5.74) is 2.78. The van der Waals surface area contributed by atoms with Crippen LogP contribution >= 0.6 is 11.6 Å². The Kier molecular flexibility index (Phi) is 5.53. The number of carbonyl (C=O) groups is 1. The van der Waals surface area contributed by atoms with E-state index < -0.39 is 0 Å². The van der Waals surface area contributed by atoms with Gasteiger partial charge in [0.05, 0.1) is 11.6 Å². The number of nitrogens with zero attached hydrogens (tertiary/aromatic N) is 2. The van der Waals surface area contributed by atoms with E-state index in [0.717, 1.165) is 29.7 Å². The molecule has 4 heteroatoms. The molecule has 0 saturated carbocycles. The third-order valence-corrected chi connectivity index (χ3v) is 4.32. The third-order valence-electron chi connectivity index (χ3n) is 4.06. The maximum atomic E-state index is 12.8. The number of benzene rings is 2. The Morgan fingerprint density at radius 2 is 1.88 bits per heavy atom. The molecule has 0 radical (unpaired) electrons. The van der Waals surface area contributed by atoms with Gasteiger partial charge < -0.3 is 0 Å². The van der Waals surface area contributed by atoms with Crippen LogP contribution in [0.1, 0.15) is 43.2 Å². The second kappa shape index (κ2) is 8.00. The fourth-order valence-corrected chi connectivity index (χ4v) is 2.86. The highest BCUT2D eigenvalue weighted by atomic mass is 35.5. The van der Waals surface area contributed by atoms with Gasteiger partial charge in [0, 0.05) is 23.9 Å². The molecular formula is C21H19ClN2O. The maximum absolute atomic E-state index is 12.8. The van der Waals surface area contributed by atoms with E-state index in [-0.39, 0.29) is 11.8 Å². The Labute approximate surface area is 153 Å². The lowest BCUT2D eigenvalue weighted by Gasteiger charge is -2.26. The Morgan fingerprint density at radius 3 is 2.56 bits per heavy atom. The zero-order valence-electron chi connectivity index (χ0n) is 14.1. The Bertz CT molecular complexity index is 832. The molecular weight excluding hydrogens is 332 g/mol. The van der Waals surface area contributed by atoms with Gasteiger partial charge >= 0.3 is 0 Å². The van der Waals surface area contributed by atoms with Gasteiger partial charge in [0.1, 0.15) is 0 Å². The highest BCUT2D eigenvalue weighted by Gasteiger charge is 2.32. The van der Waals surface area contributed by atoms with Crippen LogP contribution in [0.5, 0.6) is 0 Å². The molecule has 0 spiro atoms. The van der Waals surface area contributed by atoms with Crippen LogP contribution in [-0.2, 0) is 4.79 Å². The summed E-state index contributed by atoms with van der Waals surface area (Å²) in [6.45, 7) is 2.06. The second-order valence-electron chi connectivity index (χ2n) is 5.91. The number of amides is 1. The quantitative estimate of drug-likeness (QED) is 0.730. The molecule has 0 saturated heterocycles. The van der Waals surface area contributed by atoms with Crippen LogP contribution in [0.2, 0.25) is 5.02 Å². The van der Waals surface area contributed by atoms with Crippen molar-refractivity contribution in [2.24, 2.45) is 5.10 Å². The molecule has 0 fully saturated rings. The monoisotopic (exact) mass is 350 g/mol. The number of hydrogen-bond acceptors (Lipinski definition) is 2. The van der Waals surface area contributed by atoms with Crippen molar-refractivity contribution in [2.45, 2.75) is 32.1 Å². The van der Waals surface area contributed by atoms with E-state index in [1.165, 1.54) is 5.01 Å². The van der Waals surface area contributed by atoms with E-state index >= 15 is 0 Å². The molecule has 0 bridgehead atoms. The first-order chi connectivity index (χ1) is 12.2. The first-order valence-corrected chi connectivity index (χ1v) is 8.77. The Balaban J connectivity index is 1.98. The summed E-state index contributed by atoms with van der Waals surface area (Å²) in [6, 6.07) is 20.2. The van der Waals surface area contributed by atoms with Crippen LogP contribution in [0, 0.1) is 12.0 Å². The molecule has 1 aliphatic heterocycles. The predicted molar refractivity (Wildman–Crippen MR) is 101 cm³/mol. The normalized spacial score (nSPS) is 16.9. The molecule has 1 amide bonds. The molecule has 0 N–H and O–H groups in total. The highest BCUT2D eigenvalue weighted by molar-refractivity contribution is 6.30. The molecule has 126 valence electrons. The van der Waals surface area contributed by atoms with Crippen LogP contribution in [0.3, 0.4) is 0 Å². The SMILES string of the molecule is CCCC#CN1N=C(c2ccc(Cl)cc2)CC(c2ccccc2)C1=O. The van der Waals surface area contributed by atoms with Crippen molar-refractivity contribution >= 4 is 23.2 Å². The summed E-state index contributed by atoms with van der Waals surface area (Å²) < 4.78 is 0. The summed E-state index contributed by atoms with van der Waals surface area (Å²) in [5, 5.41) is 6.48. The number of unbranched alkanes of at least 4 members (excludes halogenated alkanes) is 1. The van der Waals surface area contributed by atoms with E-state index in [9.17, 15) is 4.79 Å². The predicted octanol–water partition coefficient (Wildman–Crippen LogP) is 4.82. The number of rotatable bonds is 3. The number of carbonyl (C=O) groups excluding carboxylic acids is 1. The van der Waals surface area contributed by atoms with E-state index in [1.807, 2.05) is 54.6 Å². The first kappa shape index (κ1) is 17.3. The lowest BCUT2D eigenvalue weighted by Crippen LogP contribution is -2.34. The van der Waals surface area contributed by atoms with Gasteiger partial charge in [-0.1, -0.05) is 66.9 Å². The lowest BCUT2D eigenvalue weighted by atomic mass is 9.89. The van der Waals surface area contributed by atoms with Crippen LogP contribution in [-0.4, -0.2) is 16.6 Å². The van der Waals surface area contributed by atoms with E-state index in [2.05, 4.69) is 24.0 Å². The standard InChI is InChI=1S/C21H19ClN2O/c1-2-3-7-14-24-21(25)19(16-8-5-4-6-9-16)15-20(23-24)17-10-12-18(22)13-11-17/h4-6,8-13,19H,2-3,15H2,1H3. The van der Waals surface area contributed by atoms with Crippen molar-refractivity contribution in [3.8, 4) is 12.0 Å². The van der Waals surface area contributed by atoms with Crippen LogP contribution < -0.4 is 0 Å². The molecule has 1 aliphatic rings. The van der Waals surface area contributed by atoms with Gasteiger partial charge in [0.25, 0.3) is 5.91 Å². The van der Waals surface area contributed by atoms with Gasteiger partial charge in [0.15, 0.2) is 0 Å². The minimum atomic E-state index is -0.277. The number of halogens is 1. The summed E-state index contributed by atoms with van der Waals surface area (Å²) >= 11 is 5.98. The molecule has 3 nitrogen and oxygen atoms in total. The summed E-state index contributed by atoms with van der Waals surface area (Å²) in [5.74, 6) is 2.66. The molecule has 2 aromatic rings. The molecule has 3 rings (SSSR count). The maximum Gasteiger partial charge on any atom is 0.262 e. The molecule has 1 unspecified atom stereocenters. The number of hydrazone groups is 1. The Hall–Kier alpha value is -2.57. The lowest BCUT2D eigenvalue weighted by molar-refractivity contribution is -0.130. The largest absolute Gasteiger partial charge is 0.271 e. The molecule has 1 atom stereocenters. The summed E-state index contributed by atoms with van der Waals surface area (Å²) in [6.07, 6.45) is 2.24. The topological polar surface area (TPSA) is 32.7 Å². The van der Waals surface area contributed by atoms with Gasteiger partial charge in [-0.3, -0.25) is 4.79 Å². The molecule has 0 aromatic heterocycles. The van der Waals surface area contributed by atoms with Crippen molar-refractivity contribution in [1.29, 1.82) is 0 Å². The zero-order valence-corrected chi connectivity index (χ0v) is 14.8. The average molecular weight is 351 g/mol. The van der Waals surface area contributed by atoms with E-state index in [4.69, 9.17) is 11.6 Å². The highest BCUT2D eigenvalue weighted by Crippen LogP contribution is 2.29. The average Bonchev–Trinajstić information content (AvgIpc) is 2.65. The van der Waals surface area contributed by atoms with Crippen molar-refractivity contribution in [3.63, 3.8) is 0 Å². The summed E-state index contributed by atoms with van der Waals surface area (Å²) in [4.78, 5) is 12.8. The van der Waals surface area contributed by atoms with Crippen LogP contribution in [0.15, 0.2) is 59.7 Å². The number of hydrogen-bond donors (Lipinski definition) is 0. The fourth-order valence-electron chi connectivity index (χ4n) is 2.74. The van der Waals surface area contributed by atoms with Gasteiger partial charge in [-0.05, 0) is 29.7 Å². The van der Waals surface area contributed by atoms with Gasteiger partial charge in [0.2, 0.25) is 0 Å². The van der Waals surface area contributed by atoms with Crippen LogP contribution in [0.4, 0.5) is 0 Å². The molecule has 0 aliphatic carbocycles. The minimum absolute atomic E-state index is 0.0764. The second-order valence-corrected chi connectivity index (χ2v) is 6.35. The van der Waals surface area contributed by atoms with Gasteiger partial charge in [-0.2, -0.15) is 10.1 Å². The van der Waals surface area contributed by atoms with Gasteiger partial charge in [-0.25, -0.2) is 0 Å². The Morgan fingerprint density at radius 1 is 1.16 bits per heavy atom. The van der Waals surface area contributed by atoms with Crippen LogP contribution in [0.25, 0.3) is 0 Å². The van der Waals surface area contributed by atoms with Crippen molar-refractivity contribution in [3.05, 3.63) is 70.7 Å². The smallest absolute Gasteiger partial charge is 0.262 e. The third kappa shape index (κ3) is 4.10. The molecule has 2 aromatic carbocycles.